The summed E-state index contributed by atoms with van der Waals surface area (Å²) in [7, 11) is -3.24. The second kappa shape index (κ2) is 112. The average molecular weight is 1760 g/mol. The maximum Gasteiger partial charge on any atom is 0.173 e. The molecule has 0 aromatic carbocycles. The third kappa shape index (κ3) is 114. The molecule has 0 aliphatic rings. The van der Waals surface area contributed by atoms with E-state index in [2.05, 4.69) is 16.6 Å². The molecule has 0 aromatic heterocycles. The van der Waals surface area contributed by atoms with Crippen LogP contribution in [0.1, 0.15) is 7.43 Å². The number of azide groups is 1. The molecule has 0 aliphatic carbocycles. The smallest absolute Gasteiger partial charge is 0.173 e. The first-order valence-corrected chi connectivity index (χ1v) is 43.0. The van der Waals surface area contributed by atoms with Gasteiger partial charge in [0, 0.05) is 16.9 Å². The second-order valence-corrected chi connectivity index (χ2v) is 25.6. The van der Waals surface area contributed by atoms with E-state index in [1.54, 1.807) is 0 Å². The molecule has 0 heterocycles. The number of sulfone groups is 1. The van der Waals surface area contributed by atoms with Crippen LogP contribution in [0.4, 0.5) is 0 Å². The van der Waals surface area contributed by atoms with Crippen molar-refractivity contribution < 1.29 is 179 Å². The van der Waals surface area contributed by atoms with Gasteiger partial charge in [0.2, 0.25) is 0 Å². The topological polar surface area (TPSA) is 415 Å². The molecule has 0 unspecified atom stereocenters. The zero-order chi connectivity index (χ0) is 84.4. The third-order valence-corrected chi connectivity index (χ3v) is 15.4. The molecule has 0 bridgehead atoms. The van der Waals surface area contributed by atoms with Crippen LogP contribution >= 0.6 is 0 Å². The van der Waals surface area contributed by atoms with Crippen molar-refractivity contribution in [1.29, 1.82) is 0 Å². The zero-order valence-corrected chi connectivity index (χ0v) is 71.7. The highest BCUT2D eigenvalue weighted by Crippen LogP contribution is 1.96. The highest BCUT2D eigenvalue weighted by molar-refractivity contribution is 7.94. The van der Waals surface area contributed by atoms with Gasteiger partial charge in [0.1, 0.15) is 0 Å². The fraction of sp³-hybridized carbons (Fsp3) is 0.974. The number of hydrogen-bond donors (Lipinski definition) is 0. The minimum atomic E-state index is -3.24. The Balaban J connectivity index is 0. The van der Waals surface area contributed by atoms with E-state index < -0.39 is 9.84 Å². The molecule has 0 aromatic rings. The van der Waals surface area contributed by atoms with E-state index in [0.29, 0.717) is 476 Å². The Morgan fingerprint density at radius 3 is 0.345 bits per heavy atom. The minimum absolute atomic E-state index is 0. The first-order chi connectivity index (χ1) is 58.6. The van der Waals surface area contributed by atoms with Gasteiger partial charge in [0.15, 0.2) is 9.84 Å². The van der Waals surface area contributed by atoms with E-state index in [0.717, 1.165) is 5.41 Å². The lowest BCUT2D eigenvalue weighted by Gasteiger charge is -2.09. The molecule has 0 saturated carbocycles. The molecule has 0 spiro atoms. The van der Waals surface area contributed by atoms with Crippen LogP contribution < -0.4 is 0 Å². The summed E-state index contributed by atoms with van der Waals surface area (Å²) in [6, 6.07) is 0. The largest absolute Gasteiger partial charge is 0.379 e. The van der Waals surface area contributed by atoms with Gasteiger partial charge in [-0.05, 0) is 5.53 Å². The summed E-state index contributed by atoms with van der Waals surface area (Å²) < 4.78 is 220. The van der Waals surface area contributed by atoms with Crippen molar-refractivity contribution >= 4 is 9.84 Å². The lowest BCUT2D eigenvalue weighted by Crippen LogP contribution is -2.16. The Labute approximate surface area is 709 Å². The molecule has 0 atom stereocenters. The summed E-state index contributed by atoms with van der Waals surface area (Å²) in [5.74, 6) is -0.0857. The van der Waals surface area contributed by atoms with Crippen LogP contribution in [0.3, 0.4) is 0 Å². The molecule has 41 nitrogen and oxygen atoms in total. The van der Waals surface area contributed by atoms with Crippen molar-refractivity contribution in [3.05, 3.63) is 22.4 Å². The van der Waals surface area contributed by atoms with Gasteiger partial charge in [-0.2, -0.15) is 0 Å². The van der Waals surface area contributed by atoms with Crippen LogP contribution in [0.15, 0.2) is 17.1 Å². The fourth-order valence-electron chi connectivity index (χ4n) is 8.21. The first kappa shape index (κ1) is 119. The Kier molecular flexibility index (Phi) is 111. The van der Waals surface area contributed by atoms with E-state index >= 15 is 0 Å². The summed E-state index contributed by atoms with van der Waals surface area (Å²) in [4.78, 5) is 2.65. The molecule has 712 valence electrons. The van der Waals surface area contributed by atoms with Crippen molar-refractivity contribution in [2.75, 3.05) is 488 Å². The lowest BCUT2D eigenvalue weighted by molar-refractivity contribution is -0.0327. The minimum Gasteiger partial charge on any atom is -0.379 e. The van der Waals surface area contributed by atoms with Crippen molar-refractivity contribution in [2.24, 2.45) is 5.11 Å². The van der Waals surface area contributed by atoms with Crippen molar-refractivity contribution in [1.82, 2.24) is 0 Å². The van der Waals surface area contributed by atoms with E-state index in [-0.39, 0.29) is 19.8 Å². The molecular weight excluding hydrogens is 1610 g/mol. The van der Waals surface area contributed by atoms with Crippen molar-refractivity contribution in [3.63, 3.8) is 0 Å². The number of rotatable bonds is 112. The van der Waals surface area contributed by atoms with Crippen LogP contribution in [0.2, 0.25) is 0 Å². The molecule has 0 saturated heterocycles. The molecule has 0 N–H and O–H groups in total. The molecule has 42 heteroatoms. The number of ether oxygens (including phenoxy) is 36. The fourth-order valence-corrected chi connectivity index (χ4v) is 8.72. The third-order valence-electron chi connectivity index (χ3n) is 14.2. The SMILES string of the molecule is C.C=CS(=O)(=O)CCOCCOCCOCCOCCOCCOCCOCCOCCOCCOCCOCCOCCOCCOCCOCCOCCOCCOCCOCCOCCOCCOCCOCCOCCOCCOCCOCCOCCOCCOCCOCCOCCOCCOCCOCCOCCN=[N+]=[N-]. The second-order valence-electron chi connectivity index (χ2n) is 23.5. The predicted molar refractivity (Wildman–Crippen MR) is 434 cm³/mol. The summed E-state index contributed by atoms with van der Waals surface area (Å²) >= 11 is 0. The van der Waals surface area contributed by atoms with Crippen LogP contribution in [0, 0.1) is 0 Å². The average Bonchev–Trinajstić information content (AvgIpc) is 0.957. The Hall–Kier alpha value is -2.44. The molecular formula is C77H155N3O38S. The number of hydrogen-bond acceptors (Lipinski definition) is 39. The Morgan fingerprint density at radius 2 is 0.261 bits per heavy atom. The van der Waals surface area contributed by atoms with Gasteiger partial charge >= 0.3 is 0 Å². The molecule has 0 fully saturated rings. The van der Waals surface area contributed by atoms with Gasteiger partial charge in [0.25, 0.3) is 0 Å². The van der Waals surface area contributed by atoms with E-state index in [9.17, 15) is 8.42 Å². The highest BCUT2D eigenvalue weighted by atomic mass is 32.2. The lowest BCUT2D eigenvalue weighted by atomic mass is 10.6. The summed E-state index contributed by atoms with van der Waals surface area (Å²) in [6.07, 6.45) is 0. The maximum absolute atomic E-state index is 11.3. The summed E-state index contributed by atoms with van der Waals surface area (Å²) in [6.45, 7) is 36.7. The Bertz CT molecular complexity index is 1990. The molecule has 0 aliphatic heterocycles. The highest BCUT2D eigenvalue weighted by Gasteiger charge is 2.06. The zero-order valence-electron chi connectivity index (χ0n) is 70.9. The van der Waals surface area contributed by atoms with Gasteiger partial charge in [0.05, 0.1) is 481 Å². The van der Waals surface area contributed by atoms with Gasteiger partial charge in [-0.15, -0.1) is 0 Å². The summed E-state index contributed by atoms with van der Waals surface area (Å²) in [5, 5.41) is 4.31. The van der Waals surface area contributed by atoms with Gasteiger partial charge in [-0.1, -0.05) is 19.1 Å². The Morgan fingerprint density at radius 1 is 0.176 bits per heavy atom. The predicted octanol–water partition coefficient (Wildman–Crippen LogP) is 2.09. The molecule has 119 heavy (non-hydrogen) atoms. The normalized spacial score (nSPS) is 11.7. The molecule has 0 amide bonds. The van der Waals surface area contributed by atoms with Gasteiger partial charge < -0.3 is 171 Å². The molecule has 0 radical (unpaired) electrons. The van der Waals surface area contributed by atoms with Gasteiger partial charge in [-0.25, -0.2) is 8.42 Å². The maximum atomic E-state index is 11.3. The molecule has 0 rings (SSSR count). The van der Waals surface area contributed by atoms with Gasteiger partial charge in [-0.3, -0.25) is 0 Å². The van der Waals surface area contributed by atoms with E-state index in [1.807, 2.05) is 0 Å². The quantitative estimate of drug-likeness (QED) is 0.0364. The monoisotopic (exact) mass is 1760 g/mol. The van der Waals surface area contributed by atoms with Crippen molar-refractivity contribution in [3.8, 4) is 0 Å². The van der Waals surface area contributed by atoms with Crippen LogP contribution in [-0.2, 0) is 180 Å². The standard InChI is InChI=1S/C76H151N3O38S.CH4/c1-2-118(80,81)76-75-117-74-73-116-72-71-115-70-69-114-68-67-113-66-65-112-64-63-111-62-61-110-60-59-109-58-57-108-56-55-107-54-53-106-52-51-105-50-49-104-48-47-103-46-45-102-44-43-101-42-41-100-40-39-99-38-37-98-36-35-97-34-33-96-32-31-95-30-29-94-28-27-93-26-25-92-24-23-91-22-21-90-20-19-89-18-17-88-16-15-87-14-13-86-12-11-85-10-9-84-8-7-83-6-5-82-4-3-78-79-77;/h2H,1,3-76H2;1H4. The van der Waals surface area contributed by atoms with E-state index in [1.165, 1.54) is 0 Å². The van der Waals surface area contributed by atoms with E-state index in [4.69, 9.17) is 176 Å². The first-order valence-electron chi connectivity index (χ1n) is 41.3. The number of nitrogens with zero attached hydrogens (tertiary/aromatic N) is 3. The van der Waals surface area contributed by atoms with Crippen molar-refractivity contribution in [2.45, 2.75) is 7.43 Å². The summed E-state index contributed by atoms with van der Waals surface area (Å²) in [5.41, 5.74) is 8.18. The van der Waals surface area contributed by atoms with Crippen LogP contribution in [0.25, 0.3) is 10.4 Å². The van der Waals surface area contributed by atoms with Crippen LogP contribution in [0.5, 0.6) is 0 Å². The van der Waals surface area contributed by atoms with Crippen LogP contribution in [-0.4, -0.2) is 496 Å².